The number of benzene rings is 7. The summed E-state index contributed by atoms with van der Waals surface area (Å²) in [5, 5.41) is 4.96. The Kier molecular flexibility index (Phi) is 6.11. The molecule has 0 bridgehead atoms. The van der Waals surface area contributed by atoms with E-state index in [0.29, 0.717) is 0 Å². The van der Waals surface area contributed by atoms with Gasteiger partial charge in [-0.3, -0.25) is 0 Å². The van der Waals surface area contributed by atoms with Crippen molar-refractivity contribution in [1.29, 1.82) is 0 Å². The van der Waals surface area contributed by atoms with Gasteiger partial charge in [-0.1, -0.05) is 133 Å². The predicted molar refractivity (Wildman–Crippen MR) is 172 cm³/mol. The quantitative estimate of drug-likeness (QED) is 0.222. The highest BCUT2D eigenvalue weighted by atomic mass is 15.1. The molecule has 1 nitrogen and oxygen atoms in total. The summed E-state index contributed by atoms with van der Waals surface area (Å²) in [5.41, 5.74) is 9.51. The lowest BCUT2D eigenvalue weighted by atomic mass is 9.93. The highest BCUT2D eigenvalue weighted by Gasteiger charge is 2.22. The Labute approximate surface area is 235 Å². The fraction of sp³-hybridized carbons (Fsp3) is 0.0256. The molecule has 0 heterocycles. The van der Waals surface area contributed by atoms with Crippen molar-refractivity contribution in [3.63, 3.8) is 0 Å². The molecule has 7 rings (SSSR count). The van der Waals surface area contributed by atoms with Crippen LogP contribution in [0.2, 0.25) is 0 Å². The summed E-state index contributed by atoms with van der Waals surface area (Å²) in [7, 11) is 0. The monoisotopic (exact) mass is 511 g/mol. The zero-order valence-corrected chi connectivity index (χ0v) is 22.5. The molecule has 0 saturated carbocycles. The van der Waals surface area contributed by atoms with Crippen LogP contribution < -0.4 is 4.90 Å². The largest absolute Gasteiger partial charge is 0.309 e. The van der Waals surface area contributed by atoms with E-state index in [1.54, 1.807) is 0 Å². The fourth-order valence-electron chi connectivity index (χ4n) is 5.73. The van der Waals surface area contributed by atoms with E-state index in [9.17, 15) is 0 Å². The SMILES string of the molecule is Cc1ccc(N(c2ccccc2-c2ccccc2)c2ccc3ccccc3c2-c2ccc3ccccc3c2)cc1. The topological polar surface area (TPSA) is 3.24 Å². The van der Waals surface area contributed by atoms with Crippen LogP contribution in [-0.4, -0.2) is 0 Å². The minimum atomic E-state index is 1.13. The second kappa shape index (κ2) is 10.2. The van der Waals surface area contributed by atoms with Crippen LogP contribution in [0.4, 0.5) is 17.1 Å². The van der Waals surface area contributed by atoms with Gasteiger partial charge in [0.15, 0.2) is 0 Å². The molecule has 190 valence electrons. The summed E-state index contributed by atoms with van der Waals surface area (Å²) in [6.07, 6.45) is 0. The summed E-state index contributed by atoms with van der Waals surface area (Å²) in [4.78, 5) is 2.43. The van der Waals surface area contributed by atoms with Gasteiger partial charge >= 0.3 is 0 Å². The van der Waals surface area contributed by atoms with Crippen LogP contribution in [0.1, 0.15) is 5.56 Å². The molecule has 0 spiro atoms. The minimum absolute atomic E-state index is 1.13. The molecule has 0 aliphatic heterocycles. The van der Waals surface area contributed by atoms with Gasteiger partial charge in [-0.25, -0.2) is 0 Å². The predicted octanol–water partition coefficient (Wildman–Crippen LogP) is 11.1. The van der Waals surface area contributed by atoms with Gasteiger partial charge in [-0.2, -0.15) is 0 Å². The van der Waals surface area contributed by atoms with Gasteiger partial charge in [-0.05, 0) is 69.9 Å². The van der Waals surface area contributed by atoms with Crippen LogP contribution in [0.3, 0.4) is 0 Å². The van der Waals surface area contributed by atoms with Gasteiger partial charge in [0, 0.05) is 16.8 Å². The molecule has 7 aromatic rings. The first-order chi connectivity index (χ1) is 19.8. The second-order valence-electron chi connectivity index (χ2n) is 10.3. The van der Waals surface area contributed by atoms with Gasteiger partial charge in [-0.15, -0.1) is 0 Å². The van der Waals surface area contributed by atoms with E-state index in [1.807, 2.05) is 0 Å². The number of para-hydroxylation sites is 1. The fourth-order valence-corrected chi connectivity index (χ4v) is 5.73. The van der Waals surface area contributed by atoms with Crippen LogP contribution in [0, 0.1) is 6.92 Å². The molecule has 0 fully saturated rings. The molecule has 0 aliphatic rings. The Hall–Kier alpha value is -5.14. The molecule has 0 N–H and O–H groups in total. The van der Waals surface area contributed by atoms with E-state index in [0.717, 1.165) is 17.1 Å². The average molecular weight is 512 g/mol. The Morgan fingerprint density at radius 3 is 1.90 bits per heavy atom. The van der Waals surface area contributed by atoms with Crippen LogP contribution in [0.15, 0.2) is 158 Å². The third kappa shape index (κ3) is 4.32. The van der Waals surface area contributed by atoms with Gasteiger partial charge in [0.05, 0.1) is 11.4 Å². The molecular weight excluding hydrogens is 482 g/mol. The molecule has 0 unspecified atom stereocenters. The van der Waals surface area contributed by atoms with E-state index >= 15 is 0 Å². The van der Waals surface area contributed by atoms with E-state index in [4.69, 9.17) is 0 Å². The molecule has 0 saturated heterocycles. The molecule has 7 aromatic carbocycles. The maximum absolute atomic E-state index is 2.43. The van der Waals surface area contributed by atoms with E-state index in [1.165, 1.54) is 49.4 Å². The van der Waals surface area contributed by atoms with E-state index < -0.39 is 0 Å². The Morgan fingerprint density at radius 2 is 1.07 bits per heavy atom. The second-order valence-corrected chi connectivity index (χ2v) is 10.3. The molecule has 0 atom stereocenters. The number of nitrogens with zero attached hydrogens (tertiary/aromatic N) is 1. The van der Waals surface area contributed by atoms with Crippen LogP contribution >= 0.6 is 0 Å². The van der Waals surface area contributed by atoms with Crippen molar-refractivity contribution in [2.24, 2.45) is 0 Å². The third-order valence-electron chi connectivity index (χ3n) is 7.71. The average Bonchev–Trinajstić information content (AvgIpc) is 3.02. The molecule has 0 radical (unpaired) electrons. The molecule has 0 aliphatic carbocycles. The molecule has 40 heavy (non-hydrogen) atoms. The van der Waals surface area contributed by atoms with Gasteiger partial charge in [0.25, 0.3) is 0 Å². The maximum Gasteiger partial charge on any atom is 0.0546 e. The van der Waals surface area contributed by atoms with Crippen molar-refractivity contribution < 1.29 is 0 Å². The van der Waals surface area contributed by atoms with Crippen molar-refractivity contribution in [3.8, 4) is 22.3 Å². The minimum Gasteiger partial charge on any atom is -0.309 e. The number of rotatable bonds is 5. The highest BCUT2D eigenvalue weighted by Crippen LogP contribution is 2.47. The van der Waals surface area contributed by atoms with Crippen LogP contribution in [0.25, 0.3) is 43.8 Å². The van der Waals surface area contributed by atoms with Gasteiger partial charge in [0.2, 0.25) is 0 Å². The lowest BCUT2D eigenvalue weighted by molar-refractivity contribution is 1.28. The smallest absolute Gasteiger partial charge is 0.0546 e. The Balaban J connectivity index is 1.56. The van der Waals surface area contributed by atoms with E-state index in [2.05, 4.69) is 170 Å². The molecular formula is C39H29N. The van der Waals surface area contributed by atoms with Crippen molar-refractivity contribution in [1.82, 2.24) is 0 Å². The number of fused-ring (bicyclic) bond motifs is 2. The van der Waals surface area contributed by atoms with Gasteiger partial charge < -0.3 is 4.90 Å². The molecule has 1 heteroatoms. The summed E-state index contributed by atoms with van der Waals surface area (Å²) in [6, 6.07) is 57.0. The highest BCUT2D eigenvalue weighted by molar-refractivity contribution is 6.07. The first kappa shape index (κ1) is 23.9. The summed E-state index contributed by atoms with van der Waals surface area (Å²) < 4.78 is 0. The normalized spacial score (nSPS) is 11.1. The van der Waals surface area contributed by atoms with Crippen LogP contribution in [-0.2, 0) is 0 Å². The lowest BCUT2D eigenvalue weighted by Gasteiger charge is -2.30. The number of hydrogen-bond acceptors (Lipinski definition) is 1. The van der Waals surface area contributed by atoms with Crippen LogP contribution in [0.5, 0.6) is 0 Å². The van der Waals surface area contributed by atoms with Gasteiger partial charge in [0.1, 0.15) is 0 Å². The Morgan fingerprint density at radius 1 is 0.425 bits per heavy atom. The van der Waals surface area contributed by atoms with Crippen molar-refractivity contribution in [2.75, 3.05) is 4.90 Å². The van der Waals surface area contributed by atoms with E-state index in [-0.39, 0.29) is 0 Å². The summed E-state index contributed by atoms with van der Waals surface area (Å²) >= 11 is 0. The zero-order valence-electron chi connectivity index (χ0n) is 22.5. The first-order valence-electron chi connectivity index (χ1n) is 13.8. The first-order valence-corrected chi connectivity index (χ1v) is 13.8. The summed E-state index contributed by atoms with van der Waals surface area (Å²) in [6.45, 7) is 2.14. The maximum atomic E-state index is 2.43. The van der Waals surface area contributed by atoms with Crippen molar-refractivity contribution in [3.05, 3.63) is 163 Å². The number of hydrogen-bond donors (Lipinski definition) is 0. The Bertz CT molecular complexity index is 1950. The zero-order chi connectivity index (χ0) is 26.9. The standard InChI is InChI=1S/C39H29N/c1-28-19-24-34(25-20-28)40(37-18-10-9-16-35(37)30-12-3-2-4-13-30)38-26-23-31-14-7-8-17-36(31)39(38)33-22-21-29-11-5-6-15-32(29)27-33/h2-27H,1H3. The summed E-state index contributed by atoms with van der Waals surface area (Å²) in [5.74, 6) is 0. The number of anilines is 3. The molecule has 0 amide bonds. The van der Waals surface area contributed by atoms with Crippen molar-refractivity contribution >= 4 is 38.6 Å². The third-order valence-corrected chi connectivity index (χ3v) is 7.71. The lowest BCUT2D eigenvalue weighted by Crippen LogP contribution is -2.12. The molecule has 0 aromatic heterocycles. The number of aryl methyl sites for hydroxylation is 1. The van der Waals surface area contributed by atoms with Crippen molar-refractivity contribution in [2.45, 2.75) is 6.92 Å².